The molecule has 0 radical (unpaired) electrons. The molecule has 1 fully saturated rings. The lowest BCUT2D eigenvalue weighted by Gasteiger charge is -2.18. The second kappa shape index (κ2) is 10.6. The Balaban J connectivity index is 1.81. The highest BCUT2D eigenvalue weighted by atomic mass is 19.1. The van der Waals surface area contributed by atoms with Crippen LogP contribution in [-0.2, 0) is 4.79 Å². The van der Waals surface area contributed by atoms with Crippen molar-refractivity contribution in [1.29, 1.82) is 0 Å². The third kappa shape index (κ3) is 6.21. The van der Waals surface area contributed by atoms with Gasteiger partial charge < -0.3 is 20.9 Å². The minimum atomic E-state index is -0.392. The maximum atomic E-state index is 13.6. The number of guanidine groups is 1. The van der Waals surface area contributed by atoms with Crippen molar-refractivity contribution >= 4 is 17.8 Å². The molecule has 1 heterocycles. The molecular weight excluding hydrogens is 361 g/mol. The van der Waals surface area contributed by atoms with Gasteiger partial charge in [0.25, 0.3) is 5.91 Å². The fourth-order valence-electron chi connectivity index (χ4n) is 3.01. The molecule has 0 aliphatic carbocycles. The van der Waals surface area contributed by atoms with Crippen molar-refractivity contribution in [3.8, 4) is 0 Å². The van der Waals surface area contributed by atoms with E-state index in [1.54, 1.807) is 19.1 Å². The molecule has 0 aromatic heterocycles. The summed E-state index contributed by atoms with van der Waals surface area (Å²) in [6, 6.07) is 4.59. The van der Waals surface area contributed by atoms with Crippen LogP contribution in [0.25, 0.3) is 0 Å². The molecule has 1 aromatic carbocycles. The zero-order chi connectivity index (χ0) is 20.5. The molecule has 0 spiro atoms. The molecule has 1 saturated heterocycles. The van der Waals surface area contributed by atoms with Crippen LogP contribution in [0.1, 0.15) is 42.6 Å². The van der Waals surface area contributed by atoms with Gasteiger partial charge in [-0.25, -0.2) is 4.39 Å². The van der Waals surface area contributed by atoms with Crippen molar-refractivity contribution in [3.05, 3.63) is 35.1 Å². The summed E-state index contributed by atoms with van der Waals surface area (Å²) in [4.78, 5) is 30.2. The monoisotopic (exact) mass is 391 g/mol. The summed E-state index contributed by atoms with van der Waals surface area (Å²) in [6.07, 6.45) is 1.40. The van der Waals surface area contributed by atoms with Gasteiger partial charge in [0.2, 0.25) is 5.91 Å². The van der Waals surface area contributed by atoms with Crippen LogP contribution in [0.15, 0.2) is 23.2 Å². The average molecular weight is 391 g/mol. The van der Waals surface area contributed by atoms with Crippen molar-refractivity contribution in [3.63, 3.8) is 0 Å². The Kier molecular flexibility index (Phi) is 8.22. The normalized spacial score (nSPS) is 16.8. The van der Waals surface area contributed by atoms with Gasteiger partial charge >= 0.3 is 0 Å². The Bertz CT molecular complexity index is 723. The summed E-state index contributed by atoms with van der Waals surface area (Å²) in [5, 5.41) is 9.26. The molecule has 1 unspecified atom stereocenters. The smallest absolute Gasteiger partial charge is 0.251 e. The summed E-state index contributed by atoms with van der Waals surface area (Å²) in [5.41, 5.74) is 0.803. The van der Waals surface area contributed by atoms with Gasteiger partial charge in [-0.05, 0) is 38.0 Å². The fraction of sp³-hybridized carbons (Fsp3) is 0.550. The number of amides is 2. The predicted molar refractivity (Wildman–Crippen MR) is 108 cm³/mol. The minimum absolute atomic E-state index is 0.165. The van der Waals surface area contributed by atoms with Crippen molar-refractivity contribution in [2.75, 3.05) is 32.7 Å². The van der Waals surface area contributed by atoms with Crippen LogP contribution in [0.2, 0.25) is 0 Å². The number of carbonyl (C=O) groups excluding carboxylic acids is 2. The van der Waals surface area contributed by atoms with Crippen LogP contribution in [0.4, 0.5) is 4.39 Å². The van der Waals surface area contributed by atoms with Gasteiger partial charge in [0, 0.05) is 44.2 Å². The number of hydrogen-bond donors (Lipinski definition) is 3. The van der Waals surface area contributed by atoms with E-state index in [2.05, 4.69) is 20.9 Å². The molecule has 154 valence electrons. The Hall–Kier alpha value is -2.64. The number of aryl methyl sites for hydroxylation is 1. The number of rotatable bonds is 7. The van der Waals surface area contributed by atoms with Crippen LogP contribution >= 0.6 is 0 Å². The molecule has 0 bridgehead atoms. The highest BCUT2D eigenvalue weighted by Crippen LogP contribution is 2.10. The molecule has 2 amide bonds. The molecule has 8 heteroatoms. The van der Waals surface area contributed by atoms with Crippen LogP contribution < -0.4 is 16.0 Å². The first kappa shape index (κ1) is 21.7. The zero-order valence-corrected chi connectivity index (χ0v) is 16.8. The number of halogens is 1. The van der Waals surface area contributed by atoms with Crippen molar-refractivity contribution in [1.82, 2.24) is 20.9 Å². The third-order valence-corrected chi connectivity index (χ3v) is 4.63. The fourth-order valence-corrected chi connectivity index (χ4v) is 3.01. The van der Waals surface area contributed by atoms with E-state index in [0.29, 0.717) is 49.7 Å². The topological polar surface area (TPSA) is 85.8 Å². The van der Waals surface area contributed by atoms with Crippen LogP contribution in [-0.4, -0.2) is 61.4 Å². The van der Waals surface area contributed by atoms with E-state index >= 15 is 0 Å². The number of likely N-dealkylation sites (tertiary alicyclic amines) is 1. The molecule has 1 aliphatic rings. The average Bonchev–Trinajstić information content (AvgIpc) is 3.15. The van der Waals surface area contributed by atoms with Crippen LogP contribution in [0.3, 0.4) is 0 Å². The second-order valence-corrected chi connectivity index (χ2v) is 6.80. The van der Waals surface area contributed by atoms with Gasteiger partial charge in [-0.2, -0.15) is 0 Å². The van der Waals surface area contributed by atoms with Crippen LogP contribution in [0.5, 0.6) is 0 Å². The maximum absolute atomic E-state index is 13.6. The predicted octanol–water partition coefficient (Wildman–Crippen LogP) is 1.43. The lowest BCUT2D eigenvalue weighted by molar-refractivity contribution is -0.129. The van der Waals surface area contributed by atoms with E-state index < -0.39 is 5.82 Å². The van der Waals surface area contributed by atoms with Gasteiger partial charge in [-0.1, -0.05) is 13.0 Å². The van der Waals surface area contributed by atoms with E-state index in [1.165, 1.54) is 6.07 Å². The van der Waals surface area contributed by atoms with E-state index in [0.717, 1.165) is 13.0 Å². The van der Waals surface area contributed by atoms with Crippen molar-refractivity contribution in [2.24, 2.45) is 4.99 Å². The third-order valence-electron chi connectivity index (χ3n) is 4.63. The molecule has 28 heavy (non-hydrogen) atoms. The number of benzene rings is 1. The summed E-state index contributed by atoms with van der Waals surface area (Å²) >= 11 is 0. The first-order valence-corrected chi connectivity index (χ1v) is 9.81. The maximum Gasteiger partial charge on any atom is 0.251 e. The molecule has 0 saturated carbocycles. The molecule has 2 rings (SSSR count). The van der Waals surface area contributed by atoms with E-state index in [-0.39, 0.29) is 17.9 Å². The van der Waals surface area contributed by atoms with Gasteiger partial charge in [0.05, 0.1) is 6.54 Å². The van der Waals surface area contributed by atoms with Crippen LogP contribution in [0, 0.1) is 12.7 Å². The minimum Gasteiger partial charge on any atom is -0.357 e. The highest BCUT2D eigenvalue weighted by Gasteiger charge is 2.25. The molecule has 1 atom stereocenters. The molecule has 3 N–H and O–H groups in total. The molecule has 1 aliphatic heterocycles. The standard InChI is InChI=1S/C20H30FN5O2/c1-4-18(27)26-11-8-16(13-26)25-20(22-5-2)24-10-9-23-19(28)15-7-6-14(3)17(21)12-15/h6-7,12,16H,4-5,8-11,13H2,1-3H3,(H,23,28)(H2,22,24,25). The van der Waals surface area contributed by atoms with Crippen molar-refractivity contribution < 1.29 is 14.0 Å². The van der Waals surface area contributed by atoms with E-state index in [4.69, 9.17) is 0 Å². The Morgan fingerprint density at radius 2 is 2.07 bits per heavy atom. The van der Waals surface area contributed by atoms with Gasteiger partial charge in [0.1, 0.15) is 5.82 Å². The second-order valence-electron chi connectivity index (χ2n) is 6.80. The first-order valence-electron chi connectivity index (χ1n) is 9.81. The number of hydrogen-bond acceptors (Lipinski definition) is 3. The quantitative estimate of drug-likeness (QED) is 0.373. The van der Waals surface area contributed by atoms with Crippen molar-refractivity contribution in [2.45, 2.75) is 39.7 Å². The van der Waals surface area contributed by atoms with Gasteiger partial charge in [-0.3, -0.25) is 14.6 Å². The summed E-state index contributed by atoms with van der Waals surface area (Å²) in [7, 11) is 0. The van der Waals surface area contributed by atoms with E-state index in [1.807, 2.05) is 18.7 Å². The molecule has 7 nitrogen and oxygen atoms in total. The van der Waals surface area contributed by atoms with E-state index in [9.17, 15) is 14.0 Å². The number of nitrogens with zero attached hydrogens (tertiary/aromatic N) is 2. The summed E-state index contributed by atoms with van der Waals surface area (Å²) < 4.78 is 13.6. The molecule has 1 aromatic rings. The Labute approximate surface area is 165 Å². The lowest BCUT2D eigenvalue weighted by Crippen LogP contribution is -2.45. The number of carbonyl (C=O) groups is 2. The number of nitrogens with one attached hydrogen (secondary N) is 3. The highest BCUT2D eigenvalue weighted by molar-refractivity contribution is 5.94. The zero-order valence-electron chi connectivity index (χ0n) is 16.8. The first-order chi connectivity index (χ1) is 13.4. The lowest BCUT2D eigenvalue weighted by atomic mass is 10.1. The van der Waals surface area contributed by atoms with Gasteiger partial charge in [0.15, 0.2) is 5.96 Å². The Morgan fingerprint density at radius 1 is 1.29 bits per heavy atom. The largest absolute Gasteiger partial charge is 0.357 e. The Morgan fingerprint density at radius 3 is 2.75 bits per heavy atom. The molecular formula is C20H30FN5O2. The number of aliphatic imine (C=N–C) groups is 1. The summed E-state index contributed by atoms with van der Waals surface area (Å²) in [5.74, 6) is 0.114. The van der Waals surface area contributed by atoms with Gasteiger partial charge in [-0.15, -0.1) is 0 Å². The SMILES string of the molecule is CCNC(=NCCNC(=O)c1ccc(C)c(F)c1)NC1CCN(C(=O)CC)C1. The summed E-state index contributed by atoms with van der Waals surface area (Å²) in [6.45, 7) is 8.38.